The molecule has 1 aromatic heterocycles. The number of benzene rings is 1. The molecule has 0 bridgehead atoms. The van der Waals surface area contributed by atoms with Crippen LogP contribution in [0.2, 0.25) is 0 Å². The first kappa shape index (κ1) is 14.4. The second-order valence-corrected chi connectivity index (χ2v) is 4.42. The lowest BCUT2D eigenvalue weighted by atomic mass is 10.1. The first-order valence-corrected chi connectivity index (χ1v) is 6.04. The van der Waals surface area contributed by atoms with Crippen LogP contribution in [-0.4, -0.2) is 32.4 Å². The minimum Gasteiger partial charge on any atom is -0.508 e. The van der Waals surface area contributed by atoms with E-state index in [4.69, 9.17) is 5.11 Å². The van der Waals surface area contributed by atoms with Crippen LogP contribution >= 0.6 is 0 Å². The van der Waals surface area contributed by atoms with Crippen LogP contribution in [0.4, 0.5) is 16.2 Å². The zero-order valence-electron chi connectivity index (χ0n) is 11.4. The molecular formula is C13H14N4O4. The van der Waals surface area contributed by atoms with Gasteiger partial charge in [-0.3, -0.25) is 5.10 Å². The molecule has 5 N–H and O–H groups in total. The number of phenols is 1. The average Bonchev–Trinajstić information content (AvgIpc) is 2.72. The maximum Gasteiger partial charge on any atom is 0.337 e. The van der Waals surface area contributed by atoms with E-state index in [9.17, 15) is 14.7 Å². The number of aromatic hydroxyl groups is 1. The van der Waals surface area contributed by atoms with Crippen LogP contribution in [0.15, 0.2) is 18.2 Å². The van der Waals surface area contributed by atoms with Gasteiger partial charge < -0.3 is 20.8 Å². The van der Waals surface area contributed by atoms with E-state index in [-0.39, 0.29) is 17.0 Å². The molecule has 21 heavy (non-hydrogen) atoms. The van der Waals surface area contributed by atoms with Gasteiger partial charge in [-0.25, -0.2) is 9.59 Å². The highest BCUT2D eigenvalue weighted by molar-refractivity contribution is 6.05. The summed E-state index contributed by atoms with van der Waals surface area (Å²) in [7, 11) is 0. The number of hydrogen-bond donors (Lipinski definition) is 5. The van der Waals surface area contributed by atoms with Crippen molar-refractivity contribution in [2.75, 3.05) is 10.6 Å². The van der Waals surface area contributed by atoms with Gasteiger partial charge in [-0.15, -0.1) is 0 Å². The number of anilines is 2. The van der Waals surface area contributed by atoms with Crippen LogP contribution in [0.1, 0.15) is 21.7 Å². The third-order valence-corrected chi connectivity index (χ3v) is 2.85. The molecule has 0 saturated carbocycles. The molecule has 0 saturated heterocycles. The summed E-state index contributed by atoms with van der Waals surface area (Å²) < 4.78 is 0. The summed E-state index contributed by atoms with van der Waals surface area (Å²) in [6.07, 6.45) is 0. The average molecular weight is 290 g/mol. The number of aromatic carboxylic acids is 1. The zero-order chi connectivity index (χ0) is 15.6. The number of aryl methyl sites for hydroxylation is 2. The Morgan fingerprint density at radius 1 is 1.24 bits per heavy atom. The standard InChI is InChI=1S/C13H14N4O4/c1-6-11(7(2)17-16-6)15-13(21)14-10-4-3-8(18)5-9(10)12(19)20/h3-5,18H,1-2H3,(H,16,17)(H,19,20)(H2,14,15,21). The van der Waals surface area contributed by atoms with Crippen molar-refractivity contribution in [2.45, 2.75) is 13.8 Å². The Kier molecular flexibility index (Phi) is 3.79. The number of hydrogen-bond acceptors (Lipinski definition) is 4. The van der Waals surface area contributed by atoms with E-state index in [0.717, 1.165) is 6.07 Å². The number of phenolic OH excluding ortho intramolecular Hbond substituents is 1. The number of carbonyl (C=O) groups excluding carboxylic acids is 1. The number of H-pyrrole nitrogens is 1. The van der Waals surface area contributed by atoms with Crippen molar-refractivity contribution in [3.05, 3.63) is 35.2 Å². The van der Waals surface area contributed by atoms with Crippen molar-refractivity contribution in [3.63, 3.8) is 0 Å². The molecule has 0 aliphatic rings. The molecule has 0 aliphatic heterocycles. The fraction of sp³-hybridized carbons (Fsp3) is 0.154. The van der Waals surface area contributed by atoms with Crippen LogP contribution in [0.25, 0.3) is 0 Å². The Balaban J connectivity index is 2.19. The number of aromatic amines is 1. The lowest BCUT2D eigenvalue weighted by Crippen LogP contribution is -2.21. The summed E-state index contributed by atoms with van der Waals surface area (Å²) in [6, 6.07) is 3.06. The van der Waals surface area contributed by atoms with Crippen LogP contribution in [0, 0.1) is 13.8 Å². The number of carbonyl (C=O) groups is 2. The normalized spacial score (nSPS) is 10.2. The minimum absolute atomic E-state index is 0.0802. The quantitative estimate of drug-likeness (QED) is 0.553. The summed E-state index contributed by atoms with van der Waals surface area (Å²) in [4.78, 5) is 23.0. The van der Waals surface area contributed by atoms with E-state index >= 15 is 0 Å². The van der Waals surface area contributed by atoms with Crippen LogP contribution in [0.5, 0.6) is 5.75 Å². The lowest BCUT2D eigenvalue weighted by Gasteiger charge is -2.10. The smallest absolute Gasteiger partial charge is 0.337 e. The largest absolute Gasteiger partial charge is 0.508 e. The molecule has 0 fully saturated rings. The molecule has 0 spiro atoms. The van der Waals surface area contributed by atoms with Gasteiger partial charge in [0.05, 0.1) is 28.3 Å². The fourth-order valence-corrected chi connectivity index (χ4v) is 1.82. The fourth-order valence-electron chi connectivity index (χ4n) is 1.82. The molecular weight excluding hydrogens is 276 g/mol. The van der Waals surface area contributed by atoms with Gasteiger partial charge in [0.15, 0.2) is 0 Å². The summed E-state index contributed by atoms with van der Waals surface area (Å²) in [5.41, 5.74) is 1.71. The van der Waals surface area contributed by atoms with Crippen molar-refractivity contribution < 1.29 is 19.8 Å². The molecule has 8 heteroatoms. The van der Waals surface area contributed by atoms with Crippen molar-refractivity contribution in [1.29, 1.82) is 0 Å². The van der Waals surface area contributed by atoms with Gasteiger partial charge in [-0.1, -0.05) is 0 Å². The SMILES string of the molecule is Cc1n[nH]c(C)c1NC(=O)Nc1ccc(O)cc1C(=O)O. The molecule has 1 aromatic carbocycles. The molecule has 2 amide bonds. The Morgan fingerprint density at radius 2 is 1.95 bits per heavy atom. The highest BCUT2D eigenvalue weighted by atomic mass is 16.4. The van der Waals surface area contributed by atoms with Gasteiger partial charge >= 0.3 is 12.0 Å². The van der Waals surface area contributed by atoms with Gasteiger partial charge in [-0.2, -0.15) is 5.10 Å². The van der Waals surface area contributed by atoms with E-state index in [1.165, 1.54) is 12.1 Å². The topological polar surface area (TPSA) is 127 Å². The Bertz CT molecular complexity index is 689. The Morgan fingerprint density at radius 3 is 2.52 bits per heavy atom. The Labute approximate surface area is 119 Å². The van der Waals surface area contributed by atoms with E-state index in [0.29, 0.717) is 17.1 Å². The number of urea groups is 1. The first-order valence-electron chi connectivity index (χ1n) is 6.04. The van der Waals surface area contributed by atoms with E-state index in [1.807, 2.05) is 0 Å². The highest BCUT2D eigenvalue weighted by Crippen LogP contribution is 2.22. The molecule has 0 atom stereocenters. The van der Waals surface area contributed by atoms with E-state index in [2.05, 4.69) is 20.8 Å². The van der Waals surface area contributed by atoms with E-state index < -0.39 is 12.0 Å². The third-order valence-electron chi connectivity index (χ3n) is 2.85. The molecule has 1 heterocycles. The minimum atomic E-state index is -1.25. The maximum atomic E-state index is 11.9. The number of amides is 2. The molecule has 8 nitrogen and oxygen atoms in total. The maximum absolute atomic E-state index is 11.9. The van der Waals surface area contributed by atoms with Gasteiger partial charge in [-0.05, 0) is 32.0 Å². The summed E-state index contributed by atoms with van der Waals surface area (Å²) in [5, 5.41) is 30.0. The van der Waals surface area contributed by atoms with Gasteiger partial charge in [0.2, 0.25) is 0 Å². The molecule has 110 valence electrons. The number of nitrogens with zero attached hydrogens (tertiary/aromatic N) is 1. The summed E-state index contributed by atoms with van der Waals surface area (Å²) in [6.45, 7) is 3.47. The number of carboxylic acid groups (broad SMARTS) is 1. The van der Waals surface area contributed by atoms with Crippen molar-refractivity contribution in [3.8, 4) is 5.75 Å². The second kappa shape index (κ2) is 5.53. The Hall–Kier alpha value is -3.03. The predicted octanol–water partition coefficient (Wildman–Crippen LogP) is 2.07. The number of rotatable bonds is 3. The van der Waals surface area contributed by atoms with Gasteiger partial charge in [0.25, 0.3) is 0 Å². The third kappa shape index (κ3) is 3.11. The number of carboxylic acids is 1. The lowest BCUT2D eigenvalue weighted by molar-refractivity contribution is 0.0697. The van der Waals surface area contributed by atoms with E-state index in [1.54, 1.807) is 13.8 Å². The first-order chi connectivity index (χ1) is 9.88. The molecule has 0 aliphatic carbocycles. The zero-order valence-corrected chi connectivity index (χ0v) is 11.4. The van der Waals surface area contributed by atoms with Crippen molar-refractivity contribution in [1.82, 2.24) is 10.2 Å². The number of aromatic nitrogens is 2. The monoisotopic (exact) mass is 290 g/mol. The summed E-state index contributed by atoms with van der Waals surface area (Å²) in [5.74, 6) is -1.45. The predicted molar refractivity (Wildman–Crippen MR) is 75.8 cm³/mol. The summed E-state index contributed by atoms with van der Waals surface area (Å²) >= 11 is 0. The second-order valence-electron chi connectivity index (χ2n) is 4.42. The molecule has 2 rings (SSSR count). The number of nitrogens with one attached hydrogen (secondary N) is 3. The van der Waals surface area contributed by atoms with Gasteiger partial charge in [0.1, 0.15) is 5.75 Å². The van der Waals surface area contributed by atoms with Crippen molar-refractivity contribution in [2.24, 2.45) is 0 Å². The molecule has 0 radical (unpaired) electrons. The highest BCUT2D eigenvalue weighted by Gasteiger charge is 2.15. The van der Waals surface area contributed by atoms with Crippen molar-refractivity contribution >= 4 is 23.4 Å². The van der Waals surface area contributed by atoms with Crippen LogP contribution < -0.4 is 10.6 Å². The van der Waals surface area contributed by atoms with Crippen LogP contribution in [-0.2, 0) is 0 Å². The van der Waals surface area contributed by atoms with Gasteiger partial charge in [0, 0.05) is 0 Å². The van der Waals surface area contributed by atoms with Crippen LogP contribution in [0.3, 0.4) is 0 Å². The molecule has 2 aromatic rings. The molecule has 0 unspecified atom stereocenters.